The van der Waals surface area contributed by atoms with Crippen molar-refractivity contribution in [3.05, 3.63) is 101 Å². The summed E-state index contributed by atoms with van der Waals surface area (Å²) < 4.78 is 41.2. The predicted molar refractivity (Wildman–Crippen MR) is 134 cm³/mol. The van der Waals surface area contributed by atoms with Crippen molar-refractivity contribution in [1.29, 1.82) is 0 Å². The molecule has 3 aromatic rings. The molecule has 0 aliphatic carbocycles. The van der Waals surface area contributed by atoms with Crippen molar-refractivity contribution in [3.8, 4) is 11.1 Å². The number of benzene rings is 3. The van der Waals surface area contributed by atoms with Gasteiger partial charge in [-0.3, -0.25) is 15.1 Å². The second-order valence-electron chi connectivity index (χ2n) is 8.27. The molecule has 5 nitrogen and oxygen atoms in total. The molecule has 0 aliphatic heterocycles. The van der Waals surface area contributed by atoms with Gasteiger partial charge in [-0.15, -0.1) is 0 Å². The normalized spacial score (nSPS) is 11.3. The summed E-state index contributed by atoms with van der Waals surface area (Å²) in [6, 6.07) is 18.4. The topological polar surface area (TPSA) is 70.6 Å². The van der Waals surface area contributed by atoms with Crippen LogP contribution in [0.4, 0.5) is 13.2 Å². The van der Waals surface area contributed by atoms with E-state index in [-0.39, 0.29) is 18.6 Å². The maximum Gasteiger partial charge on any atom is 0.417 e. The molecule has 0 fully saturated rings. The number of nitrogens with one attached hydrogen (secondary N) is 2. The predicted octanol–water partition coefficient (Wildman–Crippen LogP) is 6.19. The van der Waals surface area contributed by atoms with Crippen LogP contribution in [0.5, 0.6) is 0 Å². The van der Waals surface area contributed by atoms with Gasteiger partial charge in [0.25, 0.3) is 0 Å². The van der Waals surface area contributed by atoms with Crippen LogP contribution in [0.3, 0.4) is 0 Å². The van der Waals surface area contributed by atoms with E-state index in [0.717, 1.165) is 29.2 Å². The molecule has 0 aromatic heterocycles. The van der Waals surface area contributed by atoms with Crippen LogP contribution in [0.25, 0.3) is 16.8 Å². The molecule has 0 saturated heterocycles. The third-order valence-electron chi connectivity index (χ3n) is 5.68. The fourth-order valence-corrected chi connectivity index (χ4v) is 3.78. The number of hydroxylamine groups is 1. The molecule has 0 heterocycles. The zero-order valence-electron chi connectivity index (χ0n) is 20.0. The third-order valence-corrected chi connectivity index (χ3v) is 5.68. The van der Waals surface area contributed by atoms with Gasteiger partial charge in [-0.1, -0.05) is 68.1 Å². The zero-order valence-corrected chi connectivity index (χ0v) is 20.0. The monoisotopic (exact) mass is 498 g/mol. The van der Waals surface area contributed by atoms with Crippen LogP contribution in [0, 0.1) is 0 Å². The Morgan fingerprint density at radius 1 is 1.03 bits per heavy atom. The molecule has 0 unspecified atom stereocenters. The Bertz CT molecular complexity index is 1190. The third kappa shape index (κ3) is 7.44. The Morgan fingerprint density at radius 3 is 2.44 bits per heavy atom. The van der Waals surface area contributed by atoms with E-state index < -0.39 is 17.7 Å². The van der Waals surface area contributed by atoms with Gasteiger partial charge in [0.1, 0.15) is 0 Å². The van der Waals surface area contributed by atoms with Crippen LogP contribution >= 0.6 is 0 Å². The fraction of sp³-hybridized carbons (Fsp3) is 0.250. The summed E-state index contributed by atoms with van der Waals surface area (Å²) >= 11 is 0. The van der Waals surface area contributed by atoms with Crippen molar-refractivity contribution in [3.63, 3.8) is 0 Å². The van der Waals surface area contributed by atoms with E-state index >= 15 is 0 Å². The Labute approximate surface area is 208 Å². The SMILES string of the molecule is C=C(NOCc1ccc(-c2ccccc2)c(C(F)(F)F)c1)c1ccc(CNCCC(=O)O)c(CC)c1. The van der Waals surface area contributed by atoms with E-state index in [1.165, 1.54) is 6.07 Å². The number of carboxylic acid groups (broad SMARTS) is 1. The van der Waals surface area contributed by atoms with Crippen molar-refractivity contribution in [2.24, 2.45) is 0 Å². The van der Waals surface area contributed by atoms with E-state index in [2.05, 4.69) is 17.4 Å². The lowest BCUT2D eigenvalue weighted by molar-refractivity contribution is -0.138. The quantitative estimate of drug-likeness (QED) is 0.205. The molecule has 0 saturated carbocycles. The number of carboxylic acids is 1. The van der Waals surface area contributed by atoms with Crippen molar-refractivity contribution in [2.75, 3.05) is 6.54 Å². The number of hydrogen-bond donors (Lipinski definition) is 3. The van der Waals surface area contributed by atoms with Gasteiger partial charge in [0, 0.05) is 13.1 Å². The Kier molecular flexibility index (Phi) is 9.27. The van der Waals surface area contributed by atoms with Gasteiger partial charge in [0.2, 0.25) is 0 Å². The van der Waals surface area contributed by atoms with Gasteiger partial charge in [-0.25, -0.2) is 0 Å². The van der Waals surface area contributed by atoms with Gasteiger partial charge >= 0.3 is 12.1 Å². The highest BCUT2D eigenvalue weighted by Crippen LogP contribution is 2.37. The first-order valence-corrected chi connectivity index (χ1v) is 11.6. The molecule has 8 heteroatoms. The summed E-state index contributed by atoms with van der Waals surface area (Å²) in [6.45, 7) is 6.84. The molecule has 0 amide bonds. The molecular formula is C28H29F3N2O3. The Balaban J connectivity index is 1.63. The van der Waals surface area contributed by atoms with Gasteiger partial charge in [-0.2, -0.15) is 13.2 Å². The first-order chi connectivity index (χ1) is 17.2. The average molecular weight is 499 g/mol. The van der Waals surface area contributed by atoms with E-state index in [0.29, 0.717) is 29.9 Å². The highest BCUT2D eigenvalue weighted by atomic mass is 19.4. The summed E-state index contributed by atoms with van der Waals surface area (Å²) in [7, 11) is 0. The lowest BCUT2D eigenvalue weighted by Crippen LogP contribution is -2.18. The number of alkyl halides is 3. The van der Waals surface area contributed by atoms with Crippen LogP contribution in [0.2, 0.25) is 0 Å². The van der Waals surface area contributed by atoms with Gasteiger partial charge in [0.15, 0.2) is 0 Å². The Hall–Kier alpha value is -3.62. The van der Waals surface area contributed by atoms with Gasteiger partial charge in [0.05, 0.1) is 24.3 Å². The molecule has 0 radical (unpaired) electrons. The molecule has 3 aromatic carbocycles. The highest BCUT2D eigenvalue weighted by molar-refractivity contribution is 5.68. The minimum atomic E-state index is -4.50. The summed E-state index contributed by atoms with van der Waals surface area (Å²) in [6.07, 6.45) is -3.68. The average Bonchev–Trinajstić information content (AvgIpc) is 2.86. The molecule has 0 atom stereocenters. The molecule has 190 valence electrons. The van der Waals surface area contributed by atoms with Crippen molar-refractivity contribution in [2.45, 2.75) is 39.1 Å². The van der Waals surface area contributed by atoms with E-state index in [1.807, 2.05) is 25.1 Å². The van der Waals surface area contributed by atoms with Crippen molar-refractivity contribution in [1.82, 2.24) is 10.8 Å². The van der Waals surface area contributed by atoms with Gasteiger partial charge in [-0.05, 0) is 51.9 Å². The second kappa shape index (κ2) is 12.4. The first-order valence-electron chi connectivity index (χ1n) is 11.6. The van der Waals surface area contributed by atoms with Crippen LogP contribution < -0.4 is 10.8 Å². The van der Waals surface area contributed by atoms with Crippen molar-refractivity contribution < 1.29 is 27.9 Å². The molecule has 0 aliphatic rings. The van der Waals surface area contributed by atoms with Crippen LogP contribution in [-0.4, -0.2) is 17.6 Å². The minimum absolute atomic E-state index is 0.0526. The minimum Gasteiger partial charge on any atom is -0.481 e. The maximum atomic E-state index is 13.7. The summed E-state index contributed by atoms with van der Waals surface area (Å²) in [5.74, 6) is -0.849. The van der Waals surface area contributed by atoms with Crippen LogP contribution in [-0.2, 0) is 35.4 Å². The number of hydrogen-bond acceptors (Lipinski definition) is 4. The number of carbonyl (C=O) groups is 1. The smallest absolute Gasteiger partial charge is 0.417 e. The lowest BCUT2D eigenvalue weighted by atomic mass is 9.97. The van der Waals surface area contributed by atoms with Crippen molar-refractivity contribution >= 4 is 11.7 Å². The molecule has 3 rings (SSSR count). The largest absolute Gasteiger partial charge is 0.481 e. The molecule has 0 bridgehead atoms. The fourth-order valence-electron chi connectivity index (χ4n) is 3.78. The highest BCUT2D eigenvalue weighted by Gasteiger charge is 2.34. The summed E-state index contributed by atoms with van der Waals surface area (Å²) in [5.41, 5.74) is 6.40. The van der Waals surface area contributed by atoms with E-state index in [4.69, 9.17) is 9.94 Å². The summed E-state index contributed by atoms with van der Waals surface area (Å²) in [4.78, 5) is 16.1. The molecule has 36 heavy (non-hydrogen) atoms. The number of rotatable bonds is 12. The van der Waals surface area contributed by atoms with E-state index in [9.17, 15) is 18.0 Å². The van der Waals surface area contributed by atoms with Crippen LogP contribution in [0.1, 0.15) is 41.2 Å². The number of aryl methyl sites for hydroxylation is 1. The second-order valence-corrected chi connectivity index (χ2v) is 8.27. The van der Waals surface area contributed by atoms with E-state index in [1.54, 1.807) is 36.4 Å². The first kappa shape index (κ1) is 27.0. The Morgan fingerprint density at radius 2 is 1.78 bits per heavy atom. The molecular weight excluding hydrogens is 469 g/mol. The maximum absolute atomic E-state index is 13.7. The molecule has 3 N–H and O–H groups in total. The standard InChI is InChI=1S/C28H29F3N2O3/c1-3-21-16-23(10-11-24(21)17-32-14-13-27(34)35)19(2)33-36-18-20-9-12-25(22-7-5-4-6-8-22)26(15-20)28(29,30)31/h4-12,15-16,32-33H,2-3,13-14,17-18H2,1H3,(H,34,35). The lowest BCUT2D eigenvalue weighted by Gasteiger charge is -2.16. The number of halogens is 3. The zero-order chi connectivity index (χ0) is 26.1. The number of aliphatic carboxylic acids is 1. The van der Waals surface area contributed by atoms with Crippen LogP contribution in [0.15, 0.2) is 73.3 Å². The molecule has 0 spiro atoms. The van der Waals surface area contributed by atoms with Gasteiger partial charge < -0.3 is 10.4 Å². The summed E-state index contributed by atoms with van der Waals surface area (Å²) in [5, 5.41) is 11.9.